The van der Waals surface area contributed by atoms with Gasteiger partial charge >= 0.3 is 0 Å². The molecule has 0 aliphatic carbocycles. The van der Waals surface area contributed by atoms with E-state index in [1.54, 1.807) is 12.1 Å². The molecule has 0 saturated heterocycles. The van der Waals surface area contributed by atoms with Crippen molar-refractivity contribution in [2.45, 2.75) is 0 Å². The fraction of sp³-hybridized carbons (Fsp3) is 0.143. The molecule has 1 aliphatic heterocycles. The van der Waals surface area contributed by atoms with Gasteiger partial charge in [0.05, 0.1) is 5.70 Å². The number of nitrogens with one attached hydrogen (secondary N) is 1. The van der Waals surface area contributed by atoms with E-state index in [9.17, 15) is 4.79 Å². The van der Waals surface area contributed by atoms with E-state index in [1.165, 1.54) is 0 Å². The first-order valence-corrected chi connectivity index (χ1v) is 5.54. The Morgan fingerprint density at radius 2 is 2.54 bits per heavy atom. The second-order valence-corrected chi connectivity index (χ2v) is 4.40. The third kappa shape index (κ3) is 2.30. The van der Waals surface area contributed by atoms with Gasteiger partial charge in [0.1, 0.15) is 0 Å². The van der Waals surface area contributed by atoms with E-state index < -0.39 is 10.9 Å². The van der Waals surface area contributed by atoms with Gasteiger partial charge in [0, 0.05) is 7.05 Å². The summed E-state index contributed by atoms with van der Waals surface area (Å²) in [7, 11) is 0.952. The first-order valence-electron chi connectivity index (χ1n) is 3.58. The number of thiocarbonyl (C=S) groups is 1. The standard InChI is InChI=1S/C7H11N3OS2/c1-9-10(7(8)12)6-2-3-13(4-6)5-11/h2-5,9,13H,1H3,(H2,8,12). The van der Waals surface area contributed by atoms with Gasteiger partial charge in [-0.05, 0) is 29.1 Å². The molecule has 0 spiro atoms. The van der Waals surface area contributed by atoms with Crippen LogP contribution in [0.4, 0.5) is 0 Å². The van der Waals surface area contributed by atoms with E-state index in [0.29, 0.717) is 0 Å². The van der Waals surface area contributed by atoms with Crippen LogP contribution in [-0.4, -0.2) is 22.8 Å². The lowest BCUT2D eigenvalue weighted by Crippen LogP contribution is -2.42. The molecule has 0 radical (unpaired) electrons. The molecule has 0 bridgehead atoms. The number of nitrogens with two attached hydrogens (primary N) is 1. The average Bonchev–Trinajstić information content (AvgIpc) is 2.53. The van der Waals surface area contributed by atoms with Crippen LogP contribution >= 0.6 is 23.1 Å². The minimum atomic E-state index is -0.765. The minimum Gasteiger partial charge on any atom is -0.375 e. The van der Waals surface area contributed by atoms with E-state index in [-0.39, 0.29) is 5.11 Å². The zero-order chi connectivity index (χ0) is 9.84. The SMILES string of the molecule is CNN(C(N)=S)C1=C[SH](C=O)C=C1. The van der Waals surface area contributed by atoms with Gasteiger partial charge < -0.3 is 5.73 Å². The zero-order valence-electron chi connectivity index (χ0n) is 7.10. The first-order chi connectivity index (χ1) is 6.19. The molecule has 4 nitrogen and oxygen atoms in total. The predicted octanol–water partition coefficient (Wildman–Crippen LogP) is 0.227. The molecule has 1 unspecified atom stereocenters. The van der Waals surface area contributed by atoms with Crippen molar-refractivity contribution in [3.63, 3.8) is 0 Å². The van der Waals surface area contributed by atoms with Gasteiger partial charge in [-0.25, -0.2) is 5.43 Å². The van der Waals surface area contributed by atoms with Crippen molar-refractivity contribution in [3.05, 3.63) is 22.6 Å². The van der Waals surface area contributed by atoms with Gasteiger partial charge in [0.25, 0.3) is 0 Å². The number of carbonyl (C=O) groups is 1. The molecule has 1 aliphatic rings. The van der Waals surface area contributed by atoms with Gasteiger partial charge in [-0.3, -0.25) is 9.80 Å². The normalized spacial score (nSPS) is 22.5. The lowest BCUT2D eigenvalue weighted by Gasteiger charge is -2.20. The molecule has 0 amide bonds. The molecule has 0 saturated carbocycles. The highest BCUT2D eigenvalue weighted by Crippen LogP contribution is 2.33. The third-order valence-corrected chi connectivity index (χ3v) is 3.00. The van der Waals surface area contributed by atoms with Crippen molar-refractivity contribution in [2.75, 3.05) is 7.05 Å². The smallest absolute Gasteiger partial charge is 0.185 e. The summed E-state index contributed by atoms with van der Waals surface area (Å²) in [4.78, 5) is 10.5. The Labute approximate surface area is 84.8 Å². The summed E-state index contributed by atoms with van der Waals surface area (Å²) in [5.74, 6) is 0. The van der Waals surface area contributed by atoms with Crippen molar-refractivity contribution < 1.29 is 4.79 Å². The van der Waals surface area contributed by atoms with Gasteiger partial charge in [0.15, 0.2) is 10.7 Å². The zero-order valence-corrected chi connectivity index (χ0v) is 8.81. The fourth-order valence-corrected chi connectivity index (χ4v) is 2.21. The molecule has 0 fully saturated rings. The first kappa shape index (κ1) is 10.2. The van der Waals surface area contributed by atoms with Gasteiger partial charge in [-0.1, -0.05) is 0 Å². The van der Waals surface area contributed by atoms with Crippen molar-refractivity contribution in [3.8, 4) is 0 Å². The maximum atomic E-state index is 10.5. The van der Waals surface area contributed by atoms with Crippen LogP contribution in [0.1, 0.15) is 0 Å². The summed E-state index contributed by atoms with van der Waals surface area (Å²) in [6, 6.07) is 0. The fourth-order valence-electron chi connectivity index (χ4n) is 0.966. The molecule has 0 aromatic heterocycles. The predicted molar refractivity (Wildman–Crippen MR) is 60.6 cm³/mol. The average molecular weight is 217 g/mol. The van der Waals surface area contributed by atoms with Crippen LogP contribution in [0.3, 0.4) is 0 Å². The van der Waals surface area contributed by atoms with E-state index in [4.69, 9.17) is 18.0 Å². The van der Waals surface area contributed by atoms with Crippen LogP contribution < -0.4 is 11.2 Å². The number of rotatable bonds is 3. The summed E-state index contributed by atoms with van der Waals surface area (Å²) in [5, 5.41) is 5.48. The Morgan fingerprint density at radius 1 is 1.85 bits per heavy atom. The molecule has 3 N–H and O–H groups in total. The molecule has 1 atom stereocenters. The largest absolute Gasteiger partial charge is 0.375 e. The van der Waals surface area contributed by atoms with Gasteiger partial charge in [-0.2, -0.15) is 10.9 Å². The highest BCUT2D eigenvalue weighted by molar-refractivity contribution is 8.33. The Morgan fingerprint density at radius 3 is 2.92 bits per heavy atom. The van der Waals surface area contributed by atoms with Crippen LogP contribution in [-0.2, 0) is 4.79 Å². The lowest BCUT2D eigenvalue weighted by atomic mass is 10.5. The Balaban J connectivity index is 2.78. The molecule has 1 rings (SSSR count). The second kappa shape index (κ2) is 4.40. The van der Waals surface area contributed by atoms with Crippen molar-refractivity contribution >= 4 is 33.8 Å². The number of hydrogen-bond donors (Lipinski definition) is 3. The Kier molecular flexibility index (Phi) is 3.47. The monoisotopic (exact) mass is 217 g/mol. The lowest BCUT2D eigenvalue weighted by molar-refractivity contribution is 0.434. The van der Waals surface area contributed by atoms with Crippen LogP contribution in [0.25, 0.3) is 0 Å². The summed E-state index contributed by atoms with van der Waals surface area (Å²) in [6.45, 7) is 0. The number of carbonyl (C=O) groups excluding carboxylic acids is 1. The van der Waals surface area contributed by atoms with Crippen molar-refractivity contribution in [2.24, 2.45) is 5.73 Å². The van der Waals surface area contributed by atoms with Gasteiger partial charge in [-0.15, -0.1) is 0 Å². The number of nitrogens with zero attached hydrogens (tertiary/aromatic N) is 1. The topological polar surface area (TPSA) is 58.4 Å². The van der Waals surface area contributed by atoms with Crippen LogP contribution in [0.2, 0.25) is 0 Å². The van der Waals surface area contributed by atoms with Crippen molar-refractivity contribution in [1.82, 2.24) is 10.4 Å². The Hall–Kier alpha value is -0.850. The van der Waals surface area contributed by atoms with E-state index in [0.717, 1.165) is 11.3 Å². The summed E-state index contributed by atoms with van der Waals surface area (Å²) in [6.07, 6.45) is 1.83. The number of hydrazine groups is 1. The van der Waals surface area contributed by atoms with E-state index in [2.05, 4.69) is 5.43 Å². The molecule has 0 aromatic carbocycles. The maximum absolute atomic E-state index is 10.5. The summed E-state index contributed by atoms with van der Waals surface area (Å²) >= 11 is 4.81. The summed E-state index contributed by atoms with van der Waals surface area (Å²) in [5.41, 5.74) is 10.0. The molecule has 6 heteroatoms. The molecular weight excluding hydrogens is 206 g/mol. The van der Waals surface area contributed by atoms with Crippen LogP contribution in [0.15, 0.2) is 22.6 Å². The highest BCUT2D eigenvalue weighted by Gasteiger charge is 2.12. The molecule has 72 valence electrons. The second-order valence-electron chi connectivity index (χ2n) is 2.32. The molecule has 0 aromatic rings. The third-order valence-electron chi connectivity index (χ3n) is 1.52. The van der Waals surface area contributed by atoms with Crippen LogP contribution in [0.5, 0.6) is 0 Å². The summed E-state index contributed by atoms with van der Waals surface area (Å²) < 4.78 is 0. The number of allylic oxidation sites excluding steroid dienone is 1. The van der Waals surface area contributed by atoms with Crippen molar-refractivity contribution in [1.29, 1.82) is 0 Å². The quantitative estimate of drug-likeness (QED) is 0.273. The maximum Gasteiger partial charge on any atom is 0.185 e. The number of hydrogen-bond acceptors (Lipinski definition) is 3. The Bertz CT molecular complexity index is 287. The minimum absolute atomic E-state index is 0.237. The van der Waals surface area contributed by atoms with Gasteiger partial charge in [0.2, 0.25) is 0 Å². The van der Waals surface area contributed by atoms with E-state index >= 15 is 0 Å². The van der Waals surface area contributed by atoms with E-state index in [1.807, 2.05) is 16.9 Å². The molecular formula is C7H11N3OS2. The number of thiol groups is 1. The van der Waals surface area contributed by atoms with Crippen LogP contribution in [0, 0.1) is 0 Å². The molecule has 13 heavy (non-hydrogen) atoms. The molecule has 1 heterocycles. The highest BCUT2D eigenvalue weighted by atomic mass is 32.2.